The highest BCUT2D eigenvalue weighted by Gasteiger charge is 2.36. The normalized spacial score (nSPS) is 17.0. The molecule has 1 amide bonds. The number of carbonyl (C=O) groups is 1. The van der Waals surface area contributed by atoms with Crippen LogP contribution in [0.5, 0.6) is 0 Å². The van der Waals surface area contributed by atoms with E-state index in [0.29, 0.717) is 6.42 Å². The van der Waals surface area contributed by atoms with Gasteiger partial charge >= 0.3 is 0 Å². The highest BCUT2D eigenvalue weighted by Crippen LogP contribution is 2.33. The SMILES string of the molecule is Cc1ccc(CCC(=O)NC2(CBr)CCC2)cc1. The Morgan fingerprint density at radius 3 is 2.50 bits per heavy atom. The van der Waals surface area contributed by atoms with E-state index >= 15 is 0 Å². The molecule has 0 radical (unpaired) electrons. The van der Waals surface area contributed by atoms with E-state index < -0.39 is 0 Å². The molecule has 0 unspecified atom stereocenters. The molecule has 1 aliphatic rings. The molecule has 1 fully saturated rings. The highest BCUT2D eigenvalue weighted by molar-refractivity contribution is 9.09. The second kappa shape index (κ2) is 5.87. The molecule has 1 N–H and O–H groups in total. The largest absolute Gasteiger partial charge is 0.350 e. The second-order valence-electron chi connectivity index (χ2n) is 5.30. The van der Waals surface area contributed by atoms with Crippen molar-refractivity contribution in [3.63, 3.8) is 0 Å². The van der Waals surface area contributed by atoms with Crippen molar-refractivity contribution in [2.24, 2.45) is 0 Å². The average molecular weight is 310 g/mol. The summed E-state index contributed by atoms with van der Waals surface area (Å²) in [5, 5.41) is 4.05. The Kier molecular flexibility index (Phi) is 4.44. The van der Waals surface area contributed by atoms with Gasteiger partial charge < -0.3 is 5.32 Å². The minimum atomic E-state index is 0.0460. The monoisotopic (exact) mass is 309 g/mol. The lowest BCUT2D eigenvalue weighted by Crippen LogP contribution is -2.54. The maximum absolute atomic E-state index is 11.9. The first-order valence-corrected chi connectivity index (χ1v) is 7.68. The zero-order chi connectivity index (χ0) is 13.0. The predicted molar refractivity (Wildman–Crippen MR) is 78.0 cm³/mol. The van der Waals surface area contributed by atoms with Gasteiger partial charge in [0.1, 0.15) is 0 Å². The molecule has 0 aliphatic heterocycles. The van der Waals surface area contributed by atoms with Crippen molar-refractivity contribution in [3.05, 3.63) is 35.4 Å². The Balaban J connectivity index is 1.79. The Bertz CT molecular complexity index is 403. The summed E-state index contributed by atoms with van der Waals surface area (Å²) >= 11 is 3.50. The summed E-state index contributed by atoms with van der Waals surface area (Å²) in [5.41, 5.74) is 2.54. The molecule has 0 aromatic heterocycles. The number of hydrogen-bond donors (Lipinski definition) is 1. The molecular formula is C15H20BrNO. The van der Waals surface area contributed by atoms with Gasteiger partial charge in [-0.15, -0.1) is 0 Å². The summed E-state index contributed by atoms with van der Waals surface area (Å²) in [6.07, 6.45) is 4.84. The van der Waals surface area contributed by atoms with Crippen LogP contribution in [0.25, 0.3) is 0 Å². The van der Waals surface area contributed by atoms with Crippen molar-refractivity contribution in [2.75, 3.05) is 5.33 Å². The van der Waals surface area contributed by atoms with E-state index in [-0.39, 0.29) is 11.4 Å². The minimum absolute atomic E-state index is 0.0460. The van der Waals surface area contributed by atoms with Gasteiger partial charge in [-0.3, -0.25) is 4.79 Å². The fourth-order valence-corrected chi connectivity index (χ4v) is 2.97. The maximum atomic E-state index is 11.9. The van der Waals surface area contributed by atoms with Crippen LogP contribution >= 0.6 is 15.9 Å². The fraction of sp³-hybridized carbons (Fsp3) is 0.533. The second-order valence-corrected chi connectivity index (χ2v) is 5.86. The first-order valence-electron chi connectivity index (χ1n) is 6.56. The lowest BCUT2D eigenvalue weighted by atomic mass is 9.78. The third kappa shape index (κ3) is 3.35. The summed E-state index contributed by atoms with van der Waals surface area (Å²) < 4.78 is 0. The molecule has 1 saturated carbocycles. The molecule has 1 aromatic rings. The van der Waals surface area contributed by atoms with Crippen LogP contribution < -0.4 is 5.32 Å². The first-order chi connectivity index (χ1) is 8.63. The molecule has 2 nitrogen and oxygen atoms in total. The molecule has 0 saturated heterocycles. The molecule has 0 atom stereocenters. The summed E-state index contributed by atoms with van der Waals surface area (Å²) in [7, 11) is 0. The highest BCUT2D eigenvalue weighted by atomic mass is 79.9. The number of nitrogens with one attached hydrogen (secondary N) is 1. The molecule has 1 aromatic carbocycles. The molecule has 18 heavy (non-hydrogen) atoms. The van der Waals surface area contributed by atoms with E-state index in [1.165, 1.54) is 17.5 Å². The van der Waals surface area contributed by atoms with Crippen molar-refractivity contribution in [2.45, 2.75) is 44.6 Å². The summed E-state index contributed by atoms with van der Waals surface area (Å²) in [4.78, 5) is 11.9. The molecule has 1 aliphatic carbocycles. The molecule has 2 rings (SSSR count). The van der Waals surface area contributed by atoms with E-state index in [1.54, 1.807) is 0 Å². The third-order valence-electron chi connectivity index (χ3n) is 3.73. The van der Waals surface area contributed by atoms with Crippen LogP contribution in [0.3, 0.4) is 0 Å². The van der Waals surface area contributed by atoms with E-state index in [0.717, 1.165) is 24.6 Å². The van der Waals surface area contributed by atoms with Crippen molar-refractivity contribution < 1.29 is 4.79 Å². The van der Waals surface area contributed by atoms with Gasteiger partial charge in [0.05, 0.1) is 0 Å². The van der Waals surface area contributed by atoms with Crippen molar-refractivity contribution >= 4 is 21.8 Å². The molecule has 3 heteroatoms. The van der Waals surface area contributed by atoms with Crippen molar-refractivity contribution in [1.29, 1.82) is 0 Å². The lowest BCUT2D eigenvalue weighted by molar-refractivity contribution is -0.123. The van der Waals surface area contributed by atoms with Crippen LogP contribution in [0.2, 0.25) is 0 Å². The van der Waals surface area contributed by atoms with Crippen LogP contribution in [0.15, 0.2) is 24.3 Å². The van der Waals surface area contributed by atoms with Gasteiger partial charge in [-0.2, -0.15) is 0 Å². The summed E-state index contributed by atoms with van der Waals surface area (Å²) in [6.45, 7) is 2.08. The van der Waals surface area contributed by atoms with Gasteiger partial charge in [0, 0.05) is 17.3 Å². The zero-order valence-corrected chi connectivity index (χ0v) is 12.4. The Morgan fingerprint density at radius 1 is 1.33 bits per heavy atom. The van der Waals surface area contributed by atoms with Crippen LogP contribution in [0, 0.1) is 6.92 Å². The minimum Gasteiger partial charge on any atom is -0.350 e. The van der Waals surface area contributed by atoms with E-state index in [9.17, 15) is 4.79 Å². The van der Waals surface area contributed by atoms with Gasteiger partial charge in [0.2, 0.25) is 5.91 Å². The van der Waals surface area contributed by atoms with Crippen molar-refractivity contribution in [3.8, 4) is 0 Å². The van der Waals surface area contributed by atoms with Crippen LogP contribution in [0.1, 0.15) is 36.8 Å². The van der Waals surface area contributed by atoms with Gasteiger partial charge in [-0.1, -0.05) is 45.8 Å². The summed E-state index contributed by atoms with van der Waals surface area (Å²) in [6, 6.07) is 8.40. The van der Waals surface area contributed by atoms with Gasteiger partial charge in [0.25, 0.3) is 0 Å². The Labute approximate surface area is 117 Å². The molecule has 0 bridgehead atoms. The number of alkyl halides is 1. The van der Waals surface area contributed by atoms with Crippen LogP contribution in [-0.2, 0) is 11.2 Å². The number of hydrogen-bond acceptors (Lipinski definition) is 1. The average Bonchev–Trinajstić information content (AvgIpc) is 2.33. The standard InChI is InChI=1S/C15H20BrNO/c1-12-3-5-13(6-4-12)7-8-14(18)17-15(11-16)9-2-10-15/h3-6H,2,7-11H2,1H3,(H,17,18). The number of halogens is 1. The predicted octanol–water partition coefficient (Wildman–Crippen LogP) is 3.36. The third-order valence-corrected chi connectivity index (χ3v) is 4.81. The number of carbonyl (C=O) groups excluding carboxylic acids is 1. The topological polar surface area (TPSA) is 29.1 Å². The fourth-order valence-electron chi connectivity index (χ4n) is 2.27. The van der Waals surface area contributed by atoms with Gasteiger partial charge in [-0.05, 0) is 38.2 Å². The number of amides is 1. The van der Waals surface area contributed by atoms with Gasteiger partial charge in [-0.25, -0.2) is 0 Å². The first kappa shape index (κ1) is 13.6. The van der Waals surface area contributed by atoms with E-state index in [4.69, 9.17) is 0 Å². The van der Waals surface area contributed by atoms with Crippen LogP contribution in [-0.4, -0.2) is 16.8 Å². The van der Waals surface area contributed by atoms with Gasteiger partial charge in [0.15, 0.2) is 0 Å². The Morgan fingerprint density at radius 2 is 2.00 bits per heavy atom. The lowest BCUT2D eigenvalue weighted by Gasteiger charge is -2.41. The Hall–Kier alpha value is -0.830. The molecule has 0 spiro atoms. The maximum Gasteiger partial charge on any atom is 0.220 e. The number of rotatable bonds is 5. The molecule has 0 heterocycles. The van der Waals surface area contributed by atoms with E-state index in [2.05, 4.69) is 52.4 Å². The zero-order valence-electron chi connectivity index (χ0n) is 10.8. The molecular weight excluding hydrogens is 290 g/mol. The van der Waals surface area contributed by atoms with Crippen molar-refractivity contribution in [1.82, 2.24) is 5.32 Å². The molecule has 98 valence electrons. The number of benzene rings is 1. The number of aryl methyl sites for hydroxylation is 2. The van der Waals surface area contributed by atoms with E-state index in [1.807, 2.05) is 0 Å². The quantitative estimate of drug-likeness (QED) is 0.830. The summed E-state index contributed by atoms with van der Waals surface area (Å²) in [5.74, 6) is 0.176. The van der Waals surface area contributed by atoms with Crippen LogP contribution in [0.4, 0.5) is 0 Å². The smallest absolute Gasteiger partial charge is 0.220 e.